The molecule has 0 aromatic carbocycles. The van der Waals surface area contributed by atoms with Gasteiger partial charge in [0, 0.05) is 0 Å². The zero-order valence-electron chi connectivity index (χ0n) is 4.98. The van der Waals surface area contributed by atoms with Gasteiger partial charge in [0.25, 0.3) is 0 Å². The SMILES string of the molecule is CCCP(=O)(O)OO.Cl. The maximum Gasteiger partial charge on any atom is 0.355 e. The van der Waals surface area contributed by atoms with E-state index in [0.29, 0.717) is 6.42 Å². The van der Waals surface area contributed by atoms with Crippen molar-refractivity contribution in [3.05, 3.63) is 0 Å². The third kappa shape index (κ3) is 6.28. The predicted octanol–water partition coefficient (Wildman–Crippen LogP) is 1.49. The van der Waals surface area contributed by atoms with E-state index in [9.17, 15) is 4.57 Å². The Labute approximate surface area is 59.7 Å². The Bertz CT molecular complexity index is 106. The van der Waals surface area contributed by atoms with Gasteiger partial charge in [-0.2, -0.15) is 4.67 Å². The molecule has 0 amide bonds. The standard InChI is InChI=1S/C3H9O4P.ClH/c1-2-3-8(5,6)7-4;/h4H,2-3H2,1H3,(H,5,6);1H. The molecule has 4 nitrogen and oxygen atoms in total. The van der Waals surface area contributed by atoms with Gasteiger partial charge >= 0.3 is 7.60 Å². The minimum atomic E-state index is -3.62. The monoisotopic (exact) mass is 176 g/mol. The molecular formula is C3H10ClO4P. The lowest BCUT2D eigenvalue weighted by molar-refractivity contribution is -0.145. The number of hydrogen-bond donors (Lipinski definition) is 2. The normalized spacial score (nSPS) is 15.9. The molecule has 0 aromatic rings. The Kier molecular flexibility index (Phi) is 7.01. The molecule has 9 heavy (non-hydrogen) atoms. The third-order valence-electron chi connectivity index (χ3n) is 0.634. The zero-order chi connectivity index (χ0) is 6.62. The van der Waals surface area contributed by atoms with Crippen LogP contribution in [0.2, 0.25) is 0 Å². The second-order valence-electron chi connectivity index (χ2n) is 1.44. The highest BCUT2D eigenvalue weighted by molar-refractivity contribution is 7.52. The maximum absolute atomic E-state index is 10.3. The second-order valence-corrected chi connectivity index (χ2v) is 3.33. The van der Waals surface area contributed by atoms with Gasteiger partial charge in [-0.25, -0.2) is 5.26 Å². The van der Waals surface area contributed by atoms with Crippen LogP contribution in [0.4, 0.5) is 0 Å². The predicted molar refractivity (Wildman–Crippen MR) is 35.9 cm³/mol. The van der Waals surface area contributed by atoms with E-state index >= 15 is 0 Å². The van der Waals surface area contributed by atoms with Crippen LogP contribution in [0.3, 0.4) is 0 Å². The summed E-state index contributed by atoms with van der Waals surface area (Å²) in [6, 6.07) is 0. The van der Waals surface area contributed by atoms with E-state index in [1.165, 1.54) is 0 Å². The van der Waals surface area contributed by atoms with E-state index in [1.807, 2.05) is 0 Å². The van der Waals surface area contributed by atoms with Crippen molar-refractivity contribution in [2.45, 2.75) is 13.3 Å². The van der Waals surface area contributed by atoms with Gasteiger partial charge in [-0.15, -0.1) is 12.4 Å². The van der Waals surface area contributed by atoms with Crippen molar-refractivity contribution in [1.82, 2.24) is 0 Å². The van der Waals surface area contributed by atoms with E-state index in [1.54, 1.807) is 6.92 Å². The maximum atomic E-state index is 10.3. The van der Waals surface area contributed by atoms with Gasteiger partial charge in [0.2, 0.25) is 0 Å². The molecule has 0 aromatic heterocycles. The van der Waals surface area contributed by atoms with Gasteiger partial charge < -0.3 is 4.89 Å². The third-order valence-corrected chi connectivity index (χ3v) is 1.90. The van der Waals surface area contributed by atoms with Gasteiger partial charge in [-0.1, -0.05) is 6.92 Å². The first-order valence-electron chi connectivity index (χ1n) is 2.27. The molecule has 2 N–H and O–H groups in total. The Hall–Kier alpha value is 0.400. The molecule has 0 spiro atoms. The van der Waals surface area contributed by atoms with Crippen molar-refractivity contribution in [1.29, 1.82) is 0 Å². The summed E-state index contributed by atoms with van der Waals surface area (Å²) in [5, 5.41) is 7.71. The highest BCUT2D eigenvalue weighted by Gasteiger charge is 2.15. The van der Waals surface area contributed by atoms with Crippen LogP contribution < -0.4 is 0 Å². The molecule has 0 aliphatic heterocycles. The van der Waals surface area contributed by atoms with Crippen LogP contribution >= 0.6 is 20.0 Å². The summed E-state index contributed by atoms with van der Waals surface area (Å²) in [5.74, 6) is 0. The fourth-order valence-corrected chi connectivity index (χ4v) is 0.970. The van der Waals surface area contributed by atoms with E-state index in [0.717, 1.165) is 0 Å². The van der Waals surface area contributed by atoms with Crippen molar-refractivity contribution in [2.75, 3.05) is 6.16 Å². The number of rotatable bonds is 3. The minimum Gasteiger partial charge on any atom is -0.323 e. The minimum absolute atomic E-state index is 0. The van der Waals surface area contributed by atoms with Crippen LogP contribution in [0, 0.1) is 0 Å². The molecular weight excluding hydrogens is 166 g/mol. The summed E-state index contributed by atoms with van der Waals surface area (Å²) in [6.07, 6.45) is 0.526. The molecule has 0 saturated carbocycles. The smallest absolute Gasteiger partial charge is 0.323 e. The van der Waals surface area contributed by atoms with Crippen molar-refractivity contribution < 1.29 is 19.4 Å². The largest absolute Gasteiger partial charge is 0.355 e. The molecule has 0 rings (SSSR count). The molecule has 0 bridgehead atoms. The summed E-state index contributed by atoms with van der Waals surface area (Å²) < 4.78 is 13.6. The summed E-state index contributed by atoms with van der Waals surface area (Å²) in [4.78, 5) is 8.41. The van der Waals surface area contributed by atoms with Crippen molar-refractivity contribution in [3.63, 3.8) is 0 Å². The van der Waals surface area contributed by atoms with Gasteiger partial charge in [0.05, 0.1) is 6.16 Å². The summed E-state index contributed by atoms with van der Waals surface area (Å²) >= 11 is 0. The van der Waals surface area contributed by atoms with Crippen LogP contribution in [-0.4, -0.2) is 16.3 Å². The van der Waals surface area contributed by atoms with Crippen LogP contribution in [0.1, 0.15) is 13.3 Å². The zero-order valence-corrected chi connectivity index (χ0v) is 6.69. The first-order valence-corrected chi connectivity index (χ1v) is 4.03. The lowest BCUT2D eigenvalue weighted by Gasteiger charge is -2.01. The second kappa shape index (κ2) is 5.21. The Morgan fingerprint density at radius 1 is 1.67 bits per heavy atom. The van der Waals surface area contributed by atoms with Gasteiger partial charge in [0.15, 0.2) is 0 Å². The topological polar surface area (TPSA) is 66.8 Å². The van der Waals surface area contributed by atoms with Gasteiger partial charge in [-0.3, -0.25) is 4.57 Å². The Morgan fingerprint density at radius 2 is 2.11 bits per heavy atom. The summed E-state index contributed by atoms with van der Waals surface area (Å²) in [6.45, 7) is 1.72. The molecule has 0 radical (unpaired) electrons. The van der Waals surface area contributed by atoms with Crippen LogP contribution in [0.15, 0.2) is 0 Å². The van der Waals surface area contributed by atoms with Crippen molar-refractivity contribution >= 4 is 20.0 Å². The fourth-order valence-electron chi connectivity index (χ4n) is 0.323. The average molecular weight is 177 g/mol. The first-order chi connectivity index (χ1) is 3.62. The van der Waals surface area contributed by atoms with Crippen LogP contribution in [0.25, 0.3) is 0 Å². The summed E-state index contributed by atoms with van der Waals surface area (Å²) in [7, 11) is -3.62. The van der Waals surface area contributed by atoms with Crippen LogP contribution in [-0.2, 0) is 9.24 Å². The summed E-state index contributed by atoms with van der Waals surface area (Å²) in [5.41, 5.74) is 0. The fraction of sp³-hybridized carbons (Fsp3) is 1.00. The molecule has 0 aliphatic rings. The van der Waals surface area contributed by atoms with Crippen molar-refractivity contribution in [2.24, 2.45) is 0 Å². The molecule has 0 aliphatic carbocycles. The Morgan fingerprint density at radius 3 is 2.22 bits per heavy atom. The first kappa shape index (κ1) is 12.1. The van der Waals surface area contributed by atoms with Gasteiger partial charge in [0.1, 0.15) is 0 Å². The lowest BCUT2D eigenvalue weighted by atomic mass is 10.6. The highest BCUT2D eigenvalue weighted by atomic mass is 35.5. The molecule has 0 fully saturated rings. The van der Waals surface area contributed by atoms with E-state index in [4.69, 9.17) is 10.2 Å². The molecule has 1 atom stereocenters. The molecule has 1 unspecified atom stereocenters. The van der Waals surface area contributed by atoms with E-state index < -0.39 is 7.60 Å². The Balaban J connectivity index is 0. The molecule has 0 saturated heterocycles. The van der Waals surface area contributed by atoms with Crippen molar-refractivity contribution in [3.8, 4) is 0 Å². The molecule has 6 heteroatoms. The van der Waals surface area contributed by atoms with Gasteiger partial charge in [-0.05, 0) is 6.42 Å². The van der Waals surface area contributed by atoms with E-state index in [2.05, 4.69) is 4.67 Å². The molecule has 58 valence electrons. The van der Waals surface area contributed by atoms with E-state index in [-0.39, 0.29) is 18.6 Å². The number of hydrogen-bond acceptors (Lipinski definition) is 3. The molecule has 0 heterocycles. The quantitative estimate of drug-likeness (QED) is 0.388. The average Bonchev–Trinajstić information content (AvgIpc) is 1.67. The lowest BCUT2D eigenvalue weighted by Crippen LogP contribution is -1.88. The highest BCUT2D eigenvalue weighted by Crippen LogP contribution is 2.40. The van der Waals surface area contributed by atoms with Crippen LogP contribution in [0.5, 0.6) is 0 Å². The number of halogens is 1.